The molecule has 0 saturated carbocycles. The van der Waals surface area contributed by atoms with E-state index in [-0.39, 0.29) is 5.56 Å². The Morgan fingerprint density at radius 3 is 2.33 bits per heavy atom. The molecule has 2 nitrogen and oxygen atoms in total. The quantitative estimate of drug-likeness (QED) is 0.856. The van der Waals surface area contributed by atoms with E-state index in [1.807, 2.05) is 4.90 Å². The minimum atomic E-state index is -4.45. The predicted molar refractivity (Wildman–Crippen MR) is 84.1 cm³/mol. The van der Waals surface area contributed by atoms with Crippen molar-refractivity contribution in [1.29, 1.82) is 0 Å². The lowest BCUT2D eigenvalue weighted by atomic mass is 9.92. The van der Waals surface area contributed by atoms with E-state index >= 15 is 0 Å². The van der Waals surface area contributed by atoms with Crippen LogP contribution in [0.2, 0.25) is 0 Å². The minimum absolute atomic E-state index is 0.164. The van der Waals surface area contributed by atoms with E-state index in [0.29, 0.717) is 31.7 Å². The molecule has 1 aliphatic rings. The lowest BCUT2D eigenvalue weighted by Crippen LogP contribution is -2.45. The van der Waals surface area contributed by atoms with Crippen LogP contribution in [0.4, 0.5) is 17.6 Å². The summed E-state index contributed by atoms with van der Waals surface area (Å²) in [4.78, 5) is 1.97. The Morgan fingerprint density at radius 1 is 0.958 bits per heavy atom. The van der Waals surface area contributed by atoms with Crippen LogP contribution in [0, 0.1) is 5.82 Å². The van der Waals surface area contributed by atoms with Crippen LogP contribution in [0.1, 0.15) is 22.7 Å². The molecule has 0 aliphatic carbocycles. The average Bonchev–Trinajstić information content (AvgIpc) is 2.56. The fraction of sp³-hybridized carbons (Fsp3) is 0.333. The molecule has 0 radical (unpaired) electrons. The summed E-state index contributed by atoms with van der Waals surface area (Å²) in [5.41, 5.74) is 0.0314. The Bertz CT molecular complexity index is 693. The van der Waals surface area contributed by atoms with Crippen LogP contribution in [-0.4, -0.2) is 31.1 Å². The van der Waals surface area contributed by atoms with Gasteiger partial charge in [-0.25, -0.2) is 4.39 Å². The molecular formula is C18H18F4N2. The first-order chi connectivity index (χ1) is 11.5. The largest absolute Gasteiger partial charge is 0.416 e. The monoisotopic (exact) mass is 338 g/mol. The third kappa shape index (κ3) is 3.60. The maximum absolute atomic E-state index is 13.7. The average molecular weight is 338 g/mol. The van der Waals surface area contributed by atoms with Gasteiger partial charge in [-0.15, -0.1) is 0 Å². The first-order valence-electron chi connectivity index (χ1n) is 7.83. The SMILES string of the molecule is Fc1cccc(C(c2ccccc2C(F)(F)F)N2CCNCC2)c1. The topological polar surface area (TPSA) is 15.3 Å². The van der Waals surface area contributed by atoms with E-state index in [1.54, 1.807) is 12.1 Å². The Balaban J connectivity index is 2.12. The normalized spacial score (nSPS) is 17.7. The molecule has 6 heteroatoms. The first-order valence-corrected chi connectivity index (χ1v) is 7.83. The number of hydrogen-bond acceptors (Lipinski definition) is 2. The summed E-state index contributed by atoms with van der Waals surface area (Å²) in [5.74, 6) is -0.447. The highest BCUT2D eigenvalue weighted by atomic mass is 19.4. The van der Waals surface area contributed by atoms with Crippen LogP contribution in [0.25, 0.3) is 0 Å². The summed E-state index contributed by atoms with van der Waals surface area (Å²) in [6.45, 7) is 2.60. The number of nitrogens with zero attached hydrogens (tertiary/aromatic N) is 1. The molecule has 1 N–H and O–H groups in total. The molecule has 1 atom stereocenters. The fourth-order valence-corrected chi connectivity index (χ4v) is 3.20. The van der Waals surface area contributed by atoms with Gasteiger partial charge in [0.05, 0.1) is 11.6 Å². The van der Waals surface area contributed by atoms with Crippen LogP contribution < -0.4 is 5.32 Å². The van der Waals surface area contributed by atoms with Crippen LogP contribution >= 0.6 is 0 Å². The molecule has 1 fully saturated rings. The van der Waals surface area contributed by atoms with Crippen molar-refractivity contribution in [1.82, 2.24) is 10.2 Å². The summed E-state index contributed by atoms with van der Waals surface area (Å²) >= 11 is 0. The van der Waals surface area contributed by atoms with Crippen molar-refractivity contribution in [3.63, 3.8) is 0 Å². The van der Waals surface area contributed by atoms with Crippen molar-refractivity contribution in [2.24, 2.45) is 0 Å². The van der Waals surface area contributed by atoms with Crippen molar-refractivity contribution >= 4 is 0 Å². The van der Waals surface area contributed by atoms with Gasteiger partial charge in [0.25, 0.3) is 0 Å². The Hall–Kier alpha value is -1.92. The van der Waals surface area contributed by atoms with Crippen molar-refractivity contribution < 1.29 is 17.6 Å². The van der Waals surface area contributed by atoms with Gasteiger partial charge in [-0.3, -0.25) is 4.90 Å². The molecule has 128 valence electrons. The second-order valence-corrected chi connectivity index (χ2v) is 5.83. The molecule has 0 bridgehead atoms. The van der Waals surface area contributed by atoms with E-state index in [0.717, 1.165) is 6.07 Å². The van der Waals surface area contributed by atoms with Crippen LogP contribution in [0.5, 0.6) is 0 Å². The van der Waals surface area contributed by atoms with Gasteiger partial charge in [0.2, 0.25) is 0 Å². The van der Waals surface area contributed by atoms with Gasteiger partial charge >= 0.3 is 6.18 Å². The van der Waals surface area contributed by atoms with E-state index in [4.69, 9.17) is 0 Å². The van der Waals surface area contributed by atoms with E-state index in [1.165, 1.54) is 30.3 Å². The molecule has 0 spiro atoms. The van der Waals surface area contributed by atoms with Gasteiger partial charge in [0.1, 0.15) is 5.82 Å². The van der Waals surface area contributed by atoms with E-state index in [9.17, 15) is 17.6 Å². The van der Waals surface area contributed by atoms with Crippen LogP contribution in [0.15, 0.2) is 48.5 Å². The van der Waals surface area contributed by atoms with E-state index in [2.05, 4.69) is 5.32 Å². The number of hydrogen-bond donors (Lipinski definition) is 1. The lowest BCUT2D eigenvalue weighted by molar-refractivity contribution is -0.138. The van der Waals surface area contributed by atoms with Gasteiger partial charge in [-0.2, -0.15) is 13.2 Å². The molecule has 2 aromatic rings. The van der Waals surface area contributed by atoms with Gasteiger partial charge in [0.15, 0.2) is 0 Å². The Labute approximate surface area is 138 Å². The minimum Gasteiger partial charge on any atom is -0.314 e. The molecule has 3 rings (SSSR count). The number of halogens is 4. The summed E-state index contributed by atoms with van der Waals surface area (Å²) in [5, 5.41) is 3.19. The maximum atomic E-state index is 13.7. The number of piperazine rings is 1. The molecule has 24 heavy (non-hydrogen) atoms. The molecule has 1 unspecified atom stereocenters. The lowest BCUT2D eigenvalue weighted by Gasteiger charge is -2.36. The summed E-state index contributed by atoms with van der Waals surface area (Å²) in [6.07, 6.45) is -4.45. The van der Waals surface area contributed by atoms with E-state index < -0.39 is 23.6 Å². The summed E-state index contributed by atoms with van der Waals surface area (Å²) in [7, 11) is 0. The standard InChI is InChI=1S/C18H18F4N2/c19-14-5-3-4-13(12-14)17(24-10-8-23-9-11-24)15-6-1-2-7-16(15)18(20,21)22/h1-7,12,17,23H,8-11H2. The number of alkyl halides is 3. The number of nitrogens with one attached hydrogen (secondary N) is 1. The van der Waals surface area contributed by atoms with Crippen molar-refractivity contribution in [2.75, 3.05) is 26.2 Å². The van der Waals surface area contributed by atoms with Crippen LogP contribution in [0.3, 0.4) is 0 Å². The summed E-state index contributed by atoms with van der Waals surface area (Å²) < 4.78 is 54.1. The van der Waals surface area contributed by atoms with Gasteiger partial charge in [-0.05, 0) is 29.3 Å². The second-order valence-electron chi connectivity index (χ2n) is 5.83. The zero-order chi connectivity index (χ0) is 17.2. The molecule has 1 heterocycles. The highest BCUT2D eigenvalue weighted by Gasteiger charge is 2.37. The zero-order valence-corrected chi connectivity index (χ0v) is 13.0. The van der Waals surface area contributed by atoms with Gasteiger partial charge in [0, 0.05) is 26.2 Å². The third-order valence-corrected chi connectivity index (χ3v) is 4.24. The highest BCUT2D eigenvalue weighted by Crippen LogP contribution is 2.39. The molecule has 1 aliphatic heterocycles. The molecular weight excluding hydrogens is 320 g/mol. The van der Waals surface area contributed by atoms with Gasteiger partial charge < -0.3 is 5.32 Å². The first kappa shape index (κ1) is 16.9. The molecule has 0 amide bonds. The molecule has 1 saturated heterocycles. The Morgan fingerprint density at radius 2 is 1.67 bits per heavy atom. The van der Waals surface area contributed by atoms with Crippen LogP contribution in [-0.2, 0) is 6.18 Å². The number of benzene rings is 2. The smallest absolute Gasteiger partial charge is 0.314 e. The van der Waals surface area contributed by atoms with Crippen molar-refractivity contribution in [3.8, 4) is 0 Å². The summed E-state index contributed by atoms with van der Waals surface area (Å²) in [6, 6.07) is 10.8. The molecule has 0 aromatic heterocycles. The molecule has 2 aromatic carbocycles. The number of rotatable bonds is 3. The highest BCUT2D eigenvalue weighted by molar-refractivity contribution is 5.39. The third-order valence-electron chi connectivity index (χ3n) is 4.24. The maximum Gasteiger partial charge on any atom is 0.416 e. The zero-order valence-electron chi connectivity index (χ0n) is 13.0. The van der Waals surface area contributed by atoms with Gasteiger partial charge in [-0.1, -0.05) is 30.3 Å². The second kappa shape index (κ2) is 6.91. The Kier molecular flexibility index (Phi) is 4.87. The fourth-order valence-electron chi connectivity index (χ4n) is 3.20. The predicted octanol–water partition coefficient (Wildman–Crippen LogP) is 3.84. The van der Waals surface area contributed by atoms with Crippen molar-refractivity contribution in [3.05, 3.63) is 71.0 Å². The van der Waals surface area contributed by atoms with Crippen molar-refractivity contribution in [2.45, 2.75) is 12.2 Å².